The van der Waals surface area contributed by atoms with Gasteiger partial charge in [0.2, 0.25) is 5.95 Å². The molecule has 0 saturated carbocycles. The fraction of sp³-hybridized carbons (Fsp3) is 0.190. The van der Waals surface area contributed by atoms with Crippen LogP contribution in [0.3, 0.4) is 0 Å². The van der Waals surface area contributed by atoms with E-state index >= 15 is 0 Å². The quantitative estimate of drug-likeness (QED) is 0.754. The Morgan fingerprint density at radius 2 is 1.78 bits per heavy atom. The molecule has 0 bridgehead atoms. The second kappa shape index (κ2) is 6.16. The van der Waals surface area contributed by atoms with E-state index in [1.54, 1.807) is 16.8 Å². The van der Waals surface area contributed by atoms with Gasteiger partial charge in [-0.25, -0.2) is 9.07 Å². The lowest BCUT2D eigenvalue weighted by molar-refractivity contribution is -0.116. The van der Waals surface area contributed by atoms with Gasteiger partial charge in [0, 0.05) is 17.7 Å². The summed E-state index contributed by atoms with van der Waals surface area (Å²) in [5.74, 6) is 0.519. The van der Waals surface area contributed by atoms with Crippen molar-refractivity contribution in [1.82, 2.24) is 14.8 Å². The highest BCUT2D eigenvalue weighted by Gasteiger charge is 2.39. The third-order valence-electron chi connectivity index (χ3n) is 5.32. The van der Waals surface area contributed by atoms with Gasteiger partial charge in [0.25, 0.3) is 0 Å². The third-order valence-corrected chi connectivity index (χ3v) is 5.32. The largest absolute Gasteiger partial charge is 0.328 e. The average Bonchev–Trinajstić information content (AvgIpc) is 3.16. The molecule has 0 spiro atoms. The lowest BCUT2D eigenvalue weighted by Crippen LogP contribution is -2.33. The molecule has 134 valence electrons. The Morgan fingerprint density at radius 1 is 1.00 bits per heavy atom. The van der Waals surface area contributed by atoms with Crippen molar-refractivity contribution < 1.29 is 9.18 Å². The average molecular weight is 360 g/mol. The maximum absolute atomic E-state index is 13.4. The van der Waals surface area contributed by atoms with E-state index in [4.69, 9.17) is 0 Å². The number of halogens is 1. The number of Topliss-reactive ketones (excluding diaryl/α,β-unsaturated/α-hetero) is 1. The standard InChI is InChI=1S/C21H17FN4O/c22-16-8-6-14(7-9-16)20-19-17(25-21-23-12-24-26(20)21)10-15(11-18(19)27)13-4-2-1-3-5-13/h1-9,12,15,20H,10-11H2,(H,23,24,25)/t15-,20+/m0/s1. The predicted molar refractivity (Wildman–Crippen MR) is 98.6 cm³/mol. The highest BCUT2D eigenvalue weighted by Crippen LogP contribution is 2.43. The molecule has 6 heteroatoms. The minimum absolute atomic E-state index is 0.0908. The molecule has 2 aromatic carbocycles. The Morgan fingerprint density at radius 3 is 2.56 bits per heavy atom. The lowest BCUT2D eigenvalue weighted by atomic mass is 9.78. The first-order valence-electron chi connectivity index (χ1n) is 8.94. The van der Waals surface area contributed by atoms with E-state index in [9.17, 15) is 9.18 Å². The maximum Gasteiger partial charge on any atom is 0.226 e. The van der Waals surface area contributed by atoms with E-state index in [1.807, 2.05) is 18.2 Å². The van der Waals surface area contributed by atoms with E-state index in [2.05, 4.69) is 27.5 Å². The summed E-state index contributed by atoms with van der Waals surface area (Å²) in [6.07, 6.45) is 2.65. The molecule has 1 aromatic heterocycles. The van der Waals surface area contributed by atoms with Crippen LogP contribution in [0.2, 0.25) is 0 Å². The van der Waals surface area contributed by atoms with Gasteiger partial charge in [0.1, 0.15) is 18.2 Å². The zero-order valence-corrected chi connectivity index (χ0v) is 14.5. The number of benzene rings is 2. The fourth-order valence-electron chi connectivity index (χ4n) is 4.07. The minimum atomic E-state index is -0.386. The first kappa shape index (κ1) is 15.9. The summed E-state index contributed by atoms with van der Waals surface area (Å²) in [6.45, 7) is 0. The van der Waals surface area contributed by atoms with Gasteiger partial charge in [-0.2, -0.15) is 10.1 Å². The van der Waals surface area contributed by atoms with Gasteiger partial charge >= 0.3 is 0 Å². The molecule has 1 aliphatic heterocycles. The van der Waals surface area contributed by atoms with Gasteiger partial charge in [-0.3, -0.25) is 4.79 Å². The van der Waals surface area contributed by atoms with Crippen molar-refractivity contribution in [2.24, 2.45) is 0 Å². The molecule has 0 radical (unpaired) electrons. The number of carbonyl (C=O) groups excluding carboxylic acids is 1. The molecule has 5 rings (SSSR count). The monoisotopic (exact) mass is 360 g/mol. The number of hydrogen-bond acceptors (Lipinski definition) is 4. The van der Waals surface area contributed by atoms with E-state index in [-0.39, 0.29) is 23.6 Å². The predicted octanol–water partition coefficient (Wildman–Crippen LogP) is 3.83. The van der Waals surface area contributed by atoms with E-state index in [0.29, 0.717) is 17.9 Å². The molecule has 27 heavy (non-hydrogen) atoms. The van der Waals surface area contributed by atoms with Crippen LogP contribution in [0.25, 0.3) is 0 Å². The summed E-state index contributed by atoms with van der Waals surface area (Å²) < 4.78 is 15.1. The molecule has 5 nitrogen and oxygen atoms in total. The van der Waals surface area contributed by atoms with Crippen LogP contribution in [0.5, 0.6) is 0 Å². The molecule has 0 amide bonds. The van der Waals surface area contributed by atoms with Crippen LogP contribution in [0.1, 0.15) is 35.9 Å². The first-order chi connectivity index (χ1) is 13.2. The number of nitrogens with one attached hydrogen (secondary N) is 1. The van der Waals surface area contributed by atoms with E-state index < -0.39 is 0 Å². The van der Waals surface area contributed by atoms with Crippen LogP contribution in [-0.2, 0) is 4.79 Å². The SMILES string of the molecule is O=C1C[C@@H](c2ccccc2)CC2=C1[C@@H](c1ccc(F)cc1)n1ncnc1N2. The second-order valence-electron chi connectivity index (χ2n) is 6.94. The van der Waals surface area contributed by atoms with Crippen molar-refractivity contribution >= 4 is 11.7 Å². The van der Waals surface area contributed by atoms with Crippen molar-refractivity contribution in [2.45, 2.75) is 24.8 Å². The summed E-state index contributed by atoms with van der Waals surface area (Å²) in [7, 11) is 0. The van der Waals surface area contributed by atoms with Crippen LogP contribution in [0, 0.1) is 5.82 Å². The van der Waals surface area contributed by atoms with Crippen molar-refractivity contribution in [3.8, 4) is 0 Å². The van der Waals surface area contributed by atoms with Crippen LogP contribution in [0.4, 0.5) is 10.3 Å². The Hall–Kier alpha value is -3.28. The highest BCUT2D eigenvalue weighted by atomic mass is 19.1. The molecule has 2 heterocycles. The molecule has 0 unspecified atom stereocenters. The molecule has 1 N–H and O–H groups in total. The number of rotatable bonds is 2. The maximum atomic E-state index is 13.4. The summed E-state index contributed by atoms with van der Waals surface area (Å²) >= 11 is 0. The third kappa shape index (κ3) is 2.65. The van der Waals surface area contributed by atoms with Gasteiger partial charge in [-0.1, -0.05) is 42.5 Å². The first-order valence-corrected chi connectivity index (χ1v) is 8.94. The summed E-state index contributed by atoms with van der Waals surface area (Å²) in [6, 6.07) is 15.9. The van der Waals surface area contributed by atoms with Crippen LogP contribution >= 0.6 is 0 Å². The number of aromatic nitrogens is 3. The van der Waals surface area contributed by atoms with Crippen LogP contribution < -0.4 is 5.32 Å². The molecule has 0 fully saturated rings. The van der Waals surface area contributed by atoms with Crippen molar-refractivity contribution in [1.29, 1.82) is 0 Å². The highest BCUT2D eigenvalue weighted by molar-refractivity contribution is 6.00. The smallest absolute Gasteiger partial charge is 0.226 e. The number of carbonyl (C=O) groups is 1. The molecular weight excluding hydrogens is 343 g/mol. The molecule has 1 aliphatic carbocycles. The minimum Gasteiger partial charge on any atom is -0.328 e. The molecule has 3 aromatic rings. The van der Waals surface area contributed by atoms with Gasteiger partial charge in [-0.15, -0.1) is 0 Å². The zero-order chi connectivity index (χ0) is 18.4. The molecule has 0 saturated heterocycles. The summed E-state index contributed by atoms with van der Waals surface area (Å²) in [5.41, 5.74) is 3.56. The van der Waals surface area contributed by atoms with Crippen molar-refractivity contribution in [3.63, 3.8) is 0 Å². The number of ketones is 1. The number of fused-ring (bicyclic) bond motifs is 1. The van der Waals surface area contributed by atoms with Gasteiger partial charge in [0.05, 0.1) is 0 Å². The molecule has 2 aliphatic rings. The lowest BCUT2D eigenvalue weighted by Gasteiger charge is -2.35. The Kier molecular flexibility index (Phi) is 3.63. The Balaban J connectivity index is 1.60. The van der Waals surface area contributed by atoms with Crippen LogP contribution in [0.15, 0.2) is 72.2 Å². The van der Waals surface area contributed by atoms with Crippen LogP contribution in [-0.4, -0.2) is 20.5 Å². The van der Waals surface area contributed by atoms with Gasteiger partial charge in [0.15, 0.2) is 5.78 Å². The van der Waals surface area contributed by atoms with Gasteiger partial charge in [-0.05, 0) is 35.6 Å². The number of nitrogens with zero attached hydrogens (tertiary/aromatic N) is 3. The van der Waals surface area contributed by atoms with E-state index in [0.717, 1.165) is 23.2 Å². The normalized spacial score (nSPS) is 21.4. The fourth-order valence-corrected chi connectivity index (χ4v) is 4.07. The molecular formula is C21H17FN4O. The zero-order valence-electron chi connectivity index (χ0n) is 14.5. The van der Waals surface area contributed by atoms with E-state index in [1.165, 1.54) is 18.5 Å². The summed E-state index contributed by atoms with van der Waals surface area (Å²) in [5, 5.41) is 7.60. The number of allylic oxidation sites excluding steroid dienone is 2. The second-order valence-corrected chi connectivity index (χ2v) is 6.94. The van der Waals surface area contributed by atoms with Gasteiger partial charge < -0.3 is 5.32 Å². The number of anilines is 1. The summed E-state index contributed by atoms with van der Waals surface area (Å²) in [4.78, 5) is 17.4. The Labute approximate surface area is 155 Å². The van der Waals surface area contributed by atoms with Crippen molar-refractivity contribution in [3.05, 3.63) is 89.1 Å². The van der Waals surface area contributed by atoms with Crippen molar-refractivity contribution in [2.75, 3.05) is 5.32 Å². The number of hydrogen-bond donors (Lipinski definition) is 1. The molecule has 2 atom stereocenters. The topological polar surface area (TPSA) is 59.8 Å². The Bertz CT molecular complexity index is 1040.